The van der Waals surface area contributed by atoms with E-state index in [0.29, 0.717) is 0 Å². The number of aliphatic imine (C=N–C) groups is 1. The maximum Gasteiger partial charge on any atom is 0.188 e. The zero-order valence-corrected chi connectivity index (χ0v) is 25.1. The van der Waals surface area contributed by atoms with E-state index in [-0.39, 0.29) is 17.5 Å². The first-order valence-corrected chi connectivity index (χ1v) is 15.2. The number of alkyl halides is 1. The molecule has 0 bridgehead atoms. The van der Waals surface area contributed by atoms with Gasteiger partial charge in [0.2, 0.25) is 0 Å². The third-order valence-corrected chi connectivity index (χ3v) is 10.1. The first-order chi connectivity index (χ1) is 19.9. The summed E-state index contributed by atoms with van der Waals surface area (Å²) in [6, 6.07) is 34.5. The van der Waals surface area contributed by atoms with Gasteiger partial charge in [0.15, 0.2) is 3.61 Å². The van der Waals surface area contributed by atoms with Gasteiger partial charge in [-0.15, -0.1) is 0 Å². The van der Waals surface area contributed by atoms with E-state index in [9.17, 15) is 0 Å². The molecule has 4 aliphatic rings. The molecule has 2 aliphatic heterocycles. The van der Waals surface area contributed by atoms with Crippen LogP contribution in [0.5, 0.6) is 5.75 Å². The smallest absolute Gasteiger partial charge is 0.188 e. The zero-order chi connectivity index (χ0) is 27.8. The summed E-state index contributed by atoms with van der Waals surface area (Å²) in [5.41, 5.74) is 12.0. The second-order valence-corrected chi connectivity index (χ2v) is 13.4. The number of halogens is 1. The lowest BCUT2D eigenvalue weighted by Crippen LogP contribution is -2.32. The number of nitrogens with zero attached hydrogens (tertiary/aromatic N) is 1. The molecule has 4 aromatic rings. The Morgan fingerprint density at radius 1 is 0.829 bits per heavy atom. The van der Waals surface area contributed by atoms with E-state index in [1.807, 2.05) is 6.07 Å². The summed E-state index contributed by atoms with van der Waals surface area (Å²) in [7, 11) is 0. The van der Waals surface area contributed by atoms with Crippen molar-refractivity contribution in [3.8, 4) is 16.9 Å². The van der Waals surface area contributed by atoms with Crippen molar-refractivity contribution < 1.29 is 4.74 Å². The minimum absolute atomic E-state index is 0.0627. The molecule has 4 heteroatoms. The molecule has 8 rings (SSSR count). The molecule has 1 N–H and O–H groups in total. The molecule has 0 radical (unpaired) electrons. The van der Waals surface area contributed by atoms with E-state index in [2.05, 4.69) is 157 Å². The van der Waals surface area contributed by atoms with Gasteiger partial charge in [0, 0.05) is 22.2 Å². The highest BCUT2D eigenvalue weighted by Gasteiger charge is 2.45. The van der Waals surface area contributed by atoms with Crippen LogP contribution in [0.2, 0.25) is 0 Å². The Balaban J connectivity index is 1.22. The van der Waals surface area contributed by atoms with Crippen LogP contribution in [0.1, 0.15) is 53.7 Å². The van der Waals surface area contributed by atoms with Gasteiger partial charge in [-0.1, -0.05) is 111 Å². The molecule has 0 amide bonds. The van der Waals surface area contributed by atoms with E-state index < -0.39 is 3.61 Å². The van der Waals surface area contributed by atoms with Crippen molar-refractivity contribution in [3.05, 3.63) is 160 Å². The summed E-state index contributed by atoms with van der Waals surface area (Å²) in [5, 5.41) is 3.74. The molecule has 3 atom stereocenters. The maximum atomic E-state index is 6.52. The fourth-order valence-electron chi connectivity index (χ4n) is 6.77. The van der Waals surface area contributed by atoms with Crippen molar-refractivity contribution in [2.45, 2.75) is 35.0 Å². The number of hydrogen-bond donors (Lipinski definition) is 1. The molecule has 0 saturated heterocycles. The summed E-state index contributed by atoms with van der Waals surface area (Å²) < 4.78 is 6.06. The van der Waals surface area contributed by atoms with Crippen molar-refractivity contribution in [1.82, 2.24) is 5.32 Å². The molecule has 2 aliphatic carbocycles. The maximum absolute atomic E-state index is 6.52. The van der Waals surface area contributed by atoms with Gasteiger partial charge in [-0.2, -0.15) is 0 Å². The van der Waals surface area contributed by atoms with Gasteiger partial charge in [0.1, 0.15) is 11.9 Å². The van der Waals surface area contributed by atoms with Crippen LogP contribution in [-0.4, -0.2) is 9.32 Å². The Morgan fingerprint density at radius 3 is 2.46 bits per heavy atom. The third kappa shape index (κ3) is 3.87. The fraction of sp³-hybridized carbons (Fsp3) is 0.162. The topological polar surface area (TPSA) is 33.6 Å². The van der Waals surface area contributed by atoms with Crippen LogP contribution < -0.4 is 10.1 Å². The van der Waals surface area contributed by atoms with Gasteiger partial charge in [-0.25, -0.2) is 0 Å². The molecule has 0 aromatic heterocycles. The van der Waals surface area contributed by atoms with E-state index in [1.54, 1.807) is 0 Å². The zero-order valence-electron chi connectivity index (χ0n) is 22.9. The number of fused-ring (bicyclic) bond motifs is 6. The van der Waals surface area contributed by atoms with Crippen molar-refractivity contribution in [2.75, 3.05) is 0 Å². The lowest BCUT2D eigenvalue weighted by Gasteiger charge is -2.31. The van der Waals surface area contributed by atoms with Crippen molar-refractivity contribution in [1.29, 1.82) is 0 Å². The highest BCUT2D eigenvalue weighted by molar-refractivity contribution is 14.1. The lowest BCUT2D eigenvalue weighted by atomic mass is 9.81. The Bertz CT molecular complexity index is 1850. The predicted molar refractivity (Wildman–Crippen MR) is 175 cm³/mol. The van der Waals surface area contributed by atoms with E-state index in [1.165, 1.54) is 27.8 Å². The van der Waals surface area contributed by atoms with Crippen LogP contribution in [0.3, 0.4) is 0 Å². The molecule has 0 fully saturated rings. The molecule has 0 saturated carbocycles. The average molecular weight is 645 g/mol. The largest absolute Gasteiger partial charge is 0.472 e. The molecule has 41 heavy (non-hydrogen) atoms. The molecular weight excluding hydrogens is 615 g/mol. The van der Waals surface area contributed by atoms with Crippen molar-refractivity contribution >= 4 is 28.3 Å². The number of ether oxygens (including phenoxy) is 1. The number of para-hydroxylation sites is 1. The van der Waals surface area contributed by atoms with E-state index in [4.69, 9.17) is 9.73 Å². The van der Waals surface area contributed by atoms with Crippen molar-refractivity contribution in [2.24, 2.45) is 4.99 Å². The molecule has 3 nitrogen and oxygen atoms in total. The van der Waals surface area contributed by atoms with Gasteiger partial charge < -0.3 is 10.1 Å². The van der Waals surface area contributed by atoms with Crippen LogP contribution in [0.25, 0.3) is 11.1 Å². The quantitative estimate of drug-likeness (QED) is 0.179. The molecule has 3 unspecified atom stereocenters. The first-order valence-electron chi connectivity index (χ1n) is 14.1. The van der Waals surface area contributed by atoms with Crippen LogP contribution >= 0.6 is 22.6 Å². The summed E-state index contributed by atoms with van der Waals surface area (Å²) in [4.78, 5) is 5.25. The highest BCUT2D eigenvalue weighted by Crippen LogP contribution is 2.53. The molecule has 0 spiro atoms. The minimum Gasteiger partial charge on any atom is -0.472 e. The Kier molecular flexibility index (Phi) is 5.49. The lowest BCUT2D eigenvalue weighted by molar-refractivity contribution is 0.250. The minimum atomic E-state index is -0.464. The van der Waals surface area contributed by atoms with Crippen LogP contribution in [0.15, 0.2) is 138 Å². The summed E-state index contributed by atoms with van der Waals surface area (Å²) >= 11 is 2.47. The second-order valence-electron chi connectivity index (χ2n) is 11.7. The molecule has 200 valence electrons. The second kappa shape index (κ2) is 9.05. The number of nitrogens with one attached hydrogen (secondary N) is 1. The van der Waals surface area contributed by atoms with Gasteiger partial charge in [0.05, 0.1) is 11.6 Å². The number of rotatable bonds is 3. The Labute approximate surface area is 254 Å². The molecular formula is C37H29IN2O. The van der Waals surface area contributed by atoms with Crippen LogP contribution in [0.4, 0.5) is 0 Å². The fourth-order valence-corrected chi connectivity index (χ4v) is 7.89. The Hall–Kier alpha value is -3.90. The average Bonchev–Trinajstić information content (AvgIpc) is 3.44. The number of benzene rings is 4. The summed E-state index contributed by atoms with van der Waals surface area (Å²) in [6.07, 6.45) is 8.80. The standard InChI is InChI=1S/C37H29IN2O/c1-36(2)29-14-8-6-12-26(29)27-18-16-24(20-31(27)36)32-21-33(40-35(39-32)23-10-4-3-5-11-23)25-17-19-30-28-13-7-9-15-34(28)41-37(30,38)22-25/h3-22,30,35,40H,1-2H3. The SMILES string of the molecule is CC1(C)c2ccccc2-c2ccc(C3=NC(c4ccccc4)NC(C4=CC5(I)Oc6ccccc6C5C=C4)=C3)cc21. The number of hydrogen-bond acceptors (Lipinski definition) is 3. The van der Waals surface area contributed by atoms with Crippen LogP contribution in [0, 0.1) is 0 Å². The van der Waals surface area contributed by atoms with Gasteiger partial charge in [0.25, 0.3) is 0 Å². The normalized spacial score (nSPS) is 24.5. The van der Waals surface area contributed by atoms with Gasteiger partial charge >= 0.3 is 0 Å². The highest BCUT2D eigenvalue weighted by atomic mass is 127. The molecule has 4 aromatic carbocycles. The monoisotopic (exact) mass is 644 g/mol. The summed E-state index contributed by atoms with van der Waals surface area (Å²) in [5.74, 6) is 1.15. The van der Waals surface area contributed by atoms with Crippen LogP contribution in [-0.2, 0) is 5.41 Å². The number of allylic oxidation sites excluding steroid dienone is 2. The van der Waals surface area contributed by atoms with E-state index in [0.717, 1.165) is 33.9 Å². The van der Waals surface area contributed by atoms with Gasteiger partial charge in [-0.3, -0.25) is 4.99 Å². The predicted octanol–water partition coefficient (Wildman–Crippen LogP) is 8.77. The van der Waals surface area contributed by atoms with Crippen molar-refractivity contribution in [3.63, 3.8) is 0 Å². The molecule has 2 heterocycles. The van der Waals surface area contributed by atoms with E-state index >= 15 is 0 Å². The van der Waals surface area contributed by atoms with Gasteiger partial charge in [-0.05, 0) is 80.3 Å². The first kappa shape index (κ1) is 24.9. The Morgan fingerprint density at radius 2 is 1.59 bits per heavy atom. The summed E-state index contributed by atoms with van der Waals surface area (Å²) in [6.45, 7) is 4.65. The third-order valence-electron chi connectivity index (χ3n) is 8.91.